The van der Waals surface area contributed by atoms with Crippen LogP contribution in [0.3, 0.4) is 0 Å². The lowest BCUT2D eigenvalue weighted by Crippen LogP contribution is -2.44. The minimum atomic E-state index is -2.89. The third kappa shape index (κ3) is 4.43. The summed E-state index contributed by atoms with van der Waals surface area (Å²) >= 11 is 0. The van der Waals surface area contributed by atoms with E-state index in [0.29, 0.717) is 0 Å². The van der Waals surface area contributed by atoms with Gasteiger partial charge >= 0.3 is 0 Å². The van der Waals surface area contributed by atoms with Gasteiger partial charge in [0.15, 0.2) is 9.84 Å². The predicted octanol–water partition coefficient (Wildman–Crippen LogP) is 1.27. The highest BCUT2D eigenvalue weighted by atomic mass is 32.2. The average molecular weight is 288 g/mol. The normalized spacial score (nSPS) is 30.8. The van der Waals surface area contributed by atoms with Gasteiger partial charge in [0.25, 0.3) is 0 Å². The molecular formula is C14H28N2O2S. The van der Waals surface area contributed by atoms with Crippen LogP contribution in [-0.2, 0) is 9.84 Å². The molecule has 5 heteroatoms. The molecule has 1 aliphatic heterocycles. The molecule has 0 bridgehead atoms. The van der Waals surface area contributed by atoms with Gasteiger partial charge in [0.05, 0.1) is 5.25 Å². The molecule has 112 valence electrons. The number of likely N-dealkylation sites (tertiary alicyclic amines) is 1. The van der Waals surface area contributed by atoms with E-state index >= 15 is 0 Å². The highest BCUT2D eigenvalue weighted by molar-refractivity contribution is 7.91. The van der Waals surface area contributed by atoms with Crippen molar-refractivity contribution in [3.63, 3.8) is 0 Å². The maximum Gasteiger partial charge on any atom is 0.151 e. The summed E-state index contributed by atoms with van der Waals surface area (Å²) in [6.45, 7) is 6.70. The van der Waals surface area contributed by atoms with Crippen molar-refractivity contribution in [3.05, 3.63) is 0 Å². The molecule has 0 amide bonds. The standard InChI is InChI=1S/C14H28N2O2S/c1-12-6-9-16(10-7-12)11-8-15-13-4-3-5-14(13)19(2,17)18/h12-15H,3-11H2,1-2H3. The summed E-state index contributed by atoms with van der Waals surface area (Å²) in [5.41, 5.74) is 0. The SMILES string of the molecule is CC1CCN(CCNC2CCCC2S(C)(=O)=O)CC1. The van der Waals surface area contributed by atoms with Crippen molar-refractivity contribution >= 4 is 9.84 Å². The highest BCUT2D eigenvalue weighted by Gasteiger charge is 2.34. The van der Waals surface area contributed by atoms with Crippen molar-refractivity contribution in [2.75, 3.05) is 32.4 Å². The maximum absolute atomic E-state index is 11.7. The first-order valence-electron chi connectivity index (χ1n) is 7.61. The van der Waals surface area contributed by atoms with Gasteiger partial charge in [-0.1, -0.05) is 13.3 Å². The van der Waals surface area contributed by atoms with Crippen molar-refractivity contribution in [1.29, 1.82) is 0 Å². The van der Waals surface area contributed by atoms with Crippen LogP contribution in [0.15, 0.2) is 0 Å². The van der Waals surface area contributed by atoms with Gasteiger partial charge in [0.2, 0.25) is 0 Å². The molecule has 4 nitrogen and oxygen atoms in total. The van der Waals surface area contributed by atoms with Gasteiger partial charge in [-0.15, -0.1) is 0 Å². The number of hydrogen-bond acceptors (Lipinski definition) is 4. The first-order valence-corrected chi connectivity index (χ1v) is 9.57. The zero-order chi connectivity index (χ0) is 13.9. The third-order valence-electron chi connectivity index (χ3n) is 4.71. The van der Waals surface area contributed by atoms with Crippen molar-refractivity contribution in [3.8, 4) is 0 Å². The lowest BCUT2D eigenvalue weighted by atomic mass is 9.99. The van der Waals surface area contributed by atoms with Crippen LogP contribution in [0, 0.1) is 5.92 Å². The summed E-state index contributed by atoms with van der Waals surface area (Å²) in [6, 6.07) is 0.179. The Balaban J connectivity index is 1.71. The Morgan fingerprint density at radius 1 is 1.16 bits per heavy atom. The minimum Gasteiger partial charge on any atom is -0.311 e. The van der Waals surface area contributed by atoms with Crippen LogP contribution < -0.4 is 5.32 Å². The molecule has 0 aromatic rings. The predicted molar refractivity (Wildman–Crippen MR) is 79.1 cm³/mol. The lowest BCUT2D eigenvalue weighted by Gasteiger charge is -2.30. The molecule has 1 saturated heterocycles. The maximum atomic E-state index is 11.7. The summed E-state index contributed by atoms with van der Waals surface area (Å²) in [6.07, 6.45) is 6.86. The van der Waals surface area contributed by atoms with E-state index in [2.05, 4.69) is 17.1 Å². The van der Waals surface area contributed by atoms with Crippen molar-refractivity contribution in [2.24, 2.45) is 5.92 Å². The highest BCUT2D eigenvalue weighted by Crippen LogP contribution is 2.25. The quantitative estimate of drug-likeness (QED) is 0.828. The van der Waals surface area contributed by atoms with Crippen LogP contribution in [0.1, 0.15) is 39.0 Å². The van der Waals surface area contributed by atoms with E-state index in [4.69, 9.17) is 0 Å². The van der Waals surface area contributed by atoms with Crippen LogP contribution in [0.25, 0.3) is 0 Å². The molecule has 2 aliphatic rings. The number of hydrogen-bond donors (Lipinski definition) is 1. The molecule has 0 spiro atoms. The van der Waals surface area contributed by atoms with Crippen LogP contribution in [0.4, 0.5) is 0 Å². The minimum absolute atomic E-state index is 0.158. The second-order valence-electron chi connectivity index (χ2n) is 6.38. The van der Waals surface area contributed by atoms with E-state index in [-0.39, 0.29) is 11.3 Å². The van der Waals surface area contributed by atoms with Gasteiger partial charge in [0.1, 0.15) is 0 Å². The van der Waals surface area contributed by atoms with Crippen LogP contribution in [0.2, 0.25) is 0 Å². The van der Waals surface area contributed by atoms with Crippen LogP contribution in [-0.4, -0.2) is 57.0 Å². The summed E-state index contributed by atoms with van der Waals surface area (Å²) in [7, 11) is -2.89. The van der Waals surface area contributed by atoms with Crippen molar-refractivity contribution in [1.82, 2.24) is 10.2 Å². The molecular weight excluding hydrogens is 260 g/mol. The summed E-state index contributed by atoms with van der Waals surface area (Å²) in [4.78, 5) is 2.50. The Bertz CT molecular complexity index is 375. The monoisotopic (exact) mass is 288 g/mol. The third-order valence-corrected chi connectivity index (χ3v) is 6.38. The Kier molecular flexibility index (Phi) is 5.26. The molecule has 2 fully saturated rings. The fourth-order valence-electron chi connectivity index (χ4n) is 3.37. The Labute approximate surface area is 117 Å². The molecule has 19 heavy (non-hydrogen) atoms. The fourth-order valence-corrected chi connectivity index (χ4v) is 4.79. The van der Waals surface area contributed by atoms with E-state index in [1.807, 2.05) is 0 Å². The van der Waals surface area contributed by atoms with Gasteiger partial charge in [-0.3, -0.25) is 0 Å². The topological polar surface area (TPSA) is 49.4 Å². The first-order chi connectivity index (χ1) is 8.97. The molecule has 0 radical (unpaired) electrons. The van der Waals surface area contributed by atoms with E-state index < -0.39 is 9.84 Å². The molecule has 2 rings (SSSR count). The second kappa shape index (κ2) is 6.55. The largest absolute Gasteiger partial charge is 0.311 e. The molecule has 1 saturated carbocycles. The average Bonchev–Trinajstić information content (AvgIpc) is 2.80. The van der Waals surface area contributed by atoms with Gasteiger partial charge in [0, 0.05) is 25.4 Å². The van der Waals surface area contributed by atoms with E-state index in [1.165, 1.54) is 32.2 Å². The number of sulfone groups is 1. The molecule has 2 unspecified atom stereocenters. The first kappa shape index (κ1) is 15.3. The molecule has 0 aromatic heterocycles. The second-order valence-corrected chi connectivity index (χ2v) is 8.65. The molecule has 0 aromatic carbocycles. The summed E-state index contributed by atoms with van der Waals surface area (Å²) < 4.78 is 23.4. The molecule has 1 heterocycles. The molecule has 1 N–H and O–H groups in total. The Hall–Kier alpha value is -0.130. The van der Waals surface area contributed by atoms with Gasteiger partial charge in [-0.05, 0) is 44.7 Å². The van der Waals surface area contributed by atoms with Gasteiger partial charge in [-0.2, -0.15) is 0 Å². The van der Waals surface area contributed by atoms with Crippen LogP contribution >= 0.6 is 0 Å². The number of piperidine rings is 1. The van der Waals surface area contributed by atoms with Gasteiger partial charge in [-0.25, -0.2) is 8.42 Å². The fraction of sp³-hybridized carbons (Fsp3) is 1.00. The molecule has 1 aliphatic carbocycles. The number of nitrogens with zero attached hydrogens (tertiary/aromatic N) is 1. The van der Waals surface area contributed by atoms with Gasteiger partial charge < -0.3 is 10.2 Å². The van der Waals surface area contributed by atoms with Crippen molar-refractivity contribution in [2.45, 2.75) is 50.3 Å². The number of nitrogens with one attached hydrogen (secondary N) is 1. The Morgan fingerprint density at radius 2 is 1.84 bits per heavy atom. The Morgan fingerprint density at radius 3 is 2.47 bits per heavy atom. The smallest absolute Gasteiger partial charge is 0.151 e. The zero-order valence-electron chi connectivity index (χ0n) is 12.3. The zero-order valence-corrected chi connectivity index (χ0v) is 13.1. The summed E-state index contributed by atoms with van der Waals surface area (Å²) in [5, 5.41) is 3.32. The van der Waals surface area contributed by atoms with Crippen LogP contribution in [0.5, 0.6) is 0 Å². The number of rotatable bonds is 5. The summed E-state index contributed by atoms with van der Waals surface area (Å²) in [5.74, 6) is 0.869. The van der Waals surface area contributed by atoms with Crippen molar-refractivity contribution < 1.29 is 8.42 Å². The molecule has 2 atom stereocenters. The lowest BCUT2D eigenvalue weighted by molar-refractivity contribution is 0.191. The van der Waals surface area contributed by atoms with E-state index in [0.717, 1.165) is 38.3 Å². The van der Waals surface area contributed by atoms with E-state index in [1.54, 1.807) is 0 Å². The van der Waals surface area contributed by atoms with E-state index in [9.17, 15) is 8.42 Å².